The number of halogens is 2. The van der Waals surface area contributed by atoms with Crippen molar-refractivity contribution in [3.8, 4) is 5.75 Å². The van der Waals surface area contributed by atoms with Gasteiger partial charge in [-0.05, 0) is 37.5 Å². The van der Waals surface area contributed by atoms with Gasteiger partial charge in [-0.1, -0.05) is 0 Å². The summed E-state index contributed by atoms with van der Waals surface area (Å²) in [6.45, 7) is 1.33. The molecule has 0 aliphatic heterocycles. The Labute approximate surface area is 103 Å². The molecule has 0 saturated heterocycles. The van der Waals surface area contributed by atoms with Gasteiger partial charge in [0.05, 0.1) is 7.11 Å². The second-order valence-corrected chi connectivity index (χ2v) is 4.43. The highest BCUT2D eigenvalue weighted by molar-refractivity contribution is 5.49. The molecule has 0 heterocycles. The van der Waals surface area contributed by atoms with Crippen molar-refractivity contribution >= 4 is 6.08 Å². The first-order valence-corrected chi connectivity index (χ1v) is 5.65. The highest BCUT2D eigenvalue weighted by Gasteiger charge is 2.47. The summed E-state index contributed by atoms with van der Waals surface area (Å²) >= 11 is 0. The van der Waals surface area contributed by atoms with Gasteiger partial charge in [-0.15, -0.1) is 0 Å². The Kier molecular flexibility index (Phi) is 3.18. The minimum Gasteiger partial charge on any atom is -0.493 e. The van der Waals surface area contributed by atoms with Crippen LogP contribution < -0.4 is 4.74 Å². The van der Waals surface area contributed by atoms with E-state index in [1.165, 1.54) is 26.2 Å². The van der Waals surface area contributed by atoms with Gasteiger partial charge in [-0.2, -0.15) is 4.99 Å². The van der Waals surface area contributed by atoms with Gasteiger partial charge in [0.2, 0.25) is 6.08 Å². The van der Waals surface area contributed by atoms with Crippen LogP contribution >= 0.6 is 0 Å². The summed E-state index contributed by atoms with van der Waals surface area (Å²) in [7, 11) is 1.33. The number of hydrogen-bond acceptors (Lipinski definition) is 3. The third kappa shape index (κ3) is 2.02. The Morgan fingerprint density at radius 2 is 2.17 bits per heavy atom. The van der Waals surface area contributed by atoms with Gasteiger partial charge in [0.25, 0.3) is 0 Å². The molecular formula is C13H13F2NO2. The van der Waals surface area contributed by atoms with Crippen molar-refractivity contribution in [3.63, 3.8) is 0 Å². The molecule has 1 unspecified atom stereocenters. The van der Waals surface area contributed by atoms with E-state index in [2.05, 4.69) is 4.99 Å². The van der Waals surface area contributed by atoms with Crippen LogP contribution in [-0.4, -0.2) is 13.2 Å². The zero-order valence-electron chi connectivity index (χ0n) is 10.2. The summed E-state index contributed by atoms with van der Waals surface area (Å²) in [5.41, 5.74) is -0.137. The lowest BCUT2D eigenvalue weighted by Crippen LogP contribution is -2.08. The maximum absolute atomic E-state index is 13.8. The second kappa shape index (κ2) is 4.50. The molecule has 0 N–H and O–H groups in total. The molecule has 2 rings (SSSR count). The minimum absolute atomic E-state index is 0.0240. The predicted molar refractivity (Wildman–Crippen MR) is 61.5 cm³/mol. The Bertz CT molecular complexity index is 518. The third-order valence-electron chi connectivity index (χ3n) is 3.21. The molecule has 1 aliphatic rings. The van der Waals surface area contributed by atoms with E-state index in [0.29, 0.717) is 18.4 Å². The number of methoxy groups -OCH3 is 1. The van der Waals surface area contributed by atoms with Crippen molar-refractivity contribution in [2.45, 2.75) is 31.5 Å². The summed E-state index contributed by atoms with van der Waals surface area (Å²) in [6.07, 6.45) is 1.43. The quantitative estimate of drug-likeness (QED) is 0.610. The molecule has 1 saturated carbocycles. The van der Waals surface area contributed by atoms with Crippen LogP contribution in [0, 0.1) is 5.82 Å². The van der Waals surface area contributed by atoms with Gasteiger partial charge in [0, 0.05) is 5.56 Å². The molecule has 0 amide bonds. The lowest BCUT2D eigenvalue weighted by Gasteiger charge is -2.16. The number of aliphatic imine (C=N–C) groups is 1. The number of nitrogens with zero attached hydrogens (tertiary/aromatic N) is 1. The van der Waals surface area contributed by atoms with E-state index < -0.39 is 17.5 Å². The van der Waals surface area contributed by atoms with E-state index in [4.69, 9.17) is 4.74 Å². The van der Waals surface area contributed by atoms with E-state index in [9.17, 15) is 13.6 Å². The number of rotatable bonds is 4. The van der Waals surface area contributed by atoms with Gasteiger partial charge in [-0.3, -0.25) is 0 Å². The van der Waals surface area contributed by atoms with Crippen molar-refractivity contribution in [1.82, 2.24) is 0 Å². The largest absolute Gasteiger partial charge is 0.493 e. The van der Waals surface area contributed by atoms with Gasteiger partial charge >= 0.3 is 0 Å². The van der Waals surface area contributed by atoms with E-state index in [1.807, 2.05) is 0 Å². The summed E-state index contributed by atoms with van der Waals surface area (Å²) < 4.78 is 32.1. The van der Waals surface area contributed by atoms with E-state index in [1.54, 1.807) is 0 Å². The molecular weight excluding hydrogens is 240 g/mol. The molecule has 5 heteroatoms. The van der Waals surface area contributed by atoms with Crippen LogP contribution in [0.2, 0.25) is 0 Å². The van der Waals surface area contributed by atoms with Gasteiger partial charge in [0.15, 0.2) is 11.6 Å². The molecule has 1 fully saturated rings. The smallest absolute Gasteiger partial charge is 0.235 e. The van der Waals surface area contributed by atoms with E-state index >= 15 is 0 Å². The first-order valence-electron chi connectivity index (χ1n) is 5.65. The van der Waals surface area contributed by atoms with E-state index in [-0.39, 0.29) is 11.3 Å². The Balaban J connectivity index is 2.60. The molecule has 1 aromatic carbocycles. The van der Waals surface area contributed by atoms with Crippen LogP contribution in [0.1, 0.15) is 37.1 Å². The molecule has 1 aromatic rings. The fraction of sp³-hybridized carbons (Fsp3) is 0.462. The first kappa shape index (κ1) is 12.7. The number of carbonyl (C=O) groups excluding carboxylic acids is 1. The molecule has 0 bridgehead atoms. The van der Waals surface area contributed by atoms with Crippen molar-refractivity contribution in [1.29, 1.82) is 0 Å². The Morgan fingerprint density at radius 3 is 2.61 bits per heavy atom. The number of alkyl halides is 1. The zero-order chi connectivity index (χ0) is 13.3. The average Bonchev–Trinajstić information content (AvgIpc) is 3.09. The number of hydrogen-bond donors (Lipinski definition) is 0. The molecule has 1 atom stereocenters. The molecule has 3 nitrogen and oxygen atoms in total. The average molecular weight is 253 g/mol. The minimum atomic E-state index is -1.29. The standard InChI is InChI=1S/C13H13F2NO2/c1-8(14)9-5-10(12(18-2)11(15)6-9)13(3-4-13)16-7-17/h5-6,8H,3-4H2,1-2H3. The van der Waals surface area contributed by atoms with Crippen LogP contribution in [0.15, 0.2) is 17.1 Å². The zero-order valence-corrected chi connectivity index (χ0v) is 10.2. The number of isocyanates is 1. The molecule has 0 aromatic heterocycles. The topological polar surface area (TPSA) is 38.7 Å². The van der Waals surface area contributed by atoms with Gasteiger partial charge in [-0.25, -0.2) is 13.6 Å². The van der Waals surface area contributed by atoms with Crippen molar-refractivity contribution in [2.24, 2.45) is 4.99 Å². The lowest BCUT2D eigenvalue weighted by molar-refractivity contribution is 0.360. The van der Waals surface area contributed by atoms with E-state index in [0.717, 1.165) is 6.07 Å². The van der Waals surface area contributed by atoms with Crippen molar-refractivity contribution in [3.05, 3.63) is 29.1 Å². The fourth-order valence-electron chi connectivity index (χ4n) is 2.04. The monoisotopic (exact) mass is 253 g/mol. The van der Waals surface area contributed by atoms with Crippen LogP contribution in [-0.2, 0) is 10.3 Å². The molecule has 96 valence electrons. The van der Waals surface area contributed by atoms with Crippen LogP contribution in [0.3, 0.4) is 0 Å². The summed E-state index contributed by atoms with van der Waals surface area (Å²) in [5, 5.41) is 0. The fourth-order valence-corrected chi connectivity index (χ4v) is 2.04. The third-order valence-corrected chi connectivity index (χ3v) is 3.21. The first-order chi connectivity index (χ1) is 8.54. The highest BCUT2D eigenvalue weighted by atomic mass is 19.1. The second-order valence-electron chi connectivity index (χ2n) is 4.43. The number of ether oxygens (including phenoxy) is 1. The number of benzene rings is 1. The maximum Gasteiger partial charge on any atom is 0.235 e. The van der Waals surface area contributed by atoms with Gasteiger partial charge in [0.1, 0.15) is 11.7 Å². The molecule has 1 aliphatic carbocycles. The highest BCUT2D eigenvalue weighted by Crippen LogP contribution is 2.53. The lowest BCUT2D eigenvalue weighted by atomic mass is 9.99. The maximum atomic E-state index is 13.8. The molecule has 0 spiro atoms. The van der Waals surface area contributed by atoms with Crippen molar-refractivity contribution < 1.29 is 18.3 Å². The van der Waals surface area contributed by atoms with Crippen LogP contribution in [0.25, 0.3) is 0 Å². The summed E-state index contributed by atoms with van der Waals surface area (Å²) in [6, 6.07) is 2.62. The van der Waals surface area contributed by atoms with Crippen LogP contribution in [0.4, 0.5) is 8.78 Å². The predicted octanol–water partition coefficient (Wildman–Crippen LogP) is 3.19. The summed E-state index contributed by atoms with van der Waals surface area (Å²) in [5.74, 6) is -0.613. The van der Waals surface area contributed by atoms with Crippen LogP contribution in [0.5, 0.6) is 5.75 Å². The SMILES string of the molecule is COc1c(F)cc(C(C)F)cc1C1(N=C=O)CC1. The normalized spacial score (nSPS) is 17.8. The summed E-state index contributed by atoms with van der Waals surface area (Å²) in [4.78, 5) is 14.2. The Hall–Kier alpha value is -1.74. The van der Waals surface area contributed by atoms with Crippen molar-refractivity contribution in [2.75, 3.05) is 7.11 Å². The Morgan fingerprint density at radius 1 is 1.50 bits per heavy atom. The van der Waals surface area contributed by atoms with Gasteiger partial charge < -0.3 is 4.74 Å². The molecule has 0 radical (unpaired) electrons. The molecule has 18 heavy (non-hydrogen) atoms.